The zero-order chi connectivity index (χ0) is 20.6. The highest BCUT2D eigenvalue weighted by Crippen LogP contribution is 2.32. The Bertz CT molecular complexity index is 846. The molecule has 0 aromatic heterocycles. The lowest BCUT2D eigenvalue weighted by atomic mass is 10.2. The second-order valence-electron chi connectivity index (χ2n) is 6.34. The van der Waals surface area contributed by atoms with Gasteiger partial charge in [0, 0.05) is 18.0 Å². The first-order chi connectivity index (χ1) is 14.1. The quantitative estimate of drug-likeness (QED) is 0.643. The Morgan fingerprint density at radius 2 is 1.69 bits per heavy atom. The summed E-state index contributed by atoms with van der Waals surface area (Å²) in [5, 5.41) is 2.86. The Hall–Kier alpha value is -2.87. The molecule has 7 nitrogen and oxygen atoms in total. The van der Waals surface area contributed by atoms with Gasteiger partial charge in [-0.05, 0) is 30.2 Å². The highest BCUT2D eigenvalue weighted by molar-refractivity contribution is 8.00. The number of methoxy groups -OCH3 is 2. The molecule has 8 heteroatoms. The molecular weight excluding hydrogens is 392 g/mol. The van der Waals surface area contributed by atoms with Crippen molar-refractivity contribution in [2.45, 2.75) is 17.9 Å². The number of carbonyl (C=O) groups is 2. The van der Waals surface area contributed by atoms with Crippen molar-refractivity contribution in [1.29, 1.82) is 0 Å². The van der Waals surface area contributed by atoms with Crippen LogP contribution in [0.25, 0.3) is 0 Å². The molecule has 0 spiro atoms. The maximum Gasteiger partial charge on any atom is 0.429 e. The monoisotopic (exact) mass is 416 g/mol. The van der Waals surface area contributed by atoms with E-state index in [1.54, 1.807) is 20.3 Å². The number of thioether (sulfide) groups is 1. The predicted molar refractivity (Wildman–Crippen MR) is 110 cm³/mol. The summed E-state index contributed by atoms with van der Waals surface area (Å²) >= 11 is 1.38. The Morgan fingerprint density at radius 1 is 0.966 bits per heavy atom. The fourth-order valence-electron chi connectivity index (χ4n) is 2.98. The molecule has 0 unspecified atom stereocenters. The maximum absolute atomic E-state index is 12.7. The number of hydrazine groups is 1. The minimum Gasteiger partial charge on any atom is -0.493 e. The van der Waals surface area contributed by atoms with Crippen LogP contribution in [-0.2, 0) is 16.1 Å². The van der Waals surface area contributed by atoms with Crippen LogP contribution in [0.3, 0.4) is 0 Å². The molecule has 0 N–H and O–H groups in total. The van der Waals surface area contributed by atoms with Crippen molar-refractivity contribution in [2.75, 3.05) is 33.1 Å². The molecule has 1 heterocycles. The number of amides is 2. The van der Waals surface area contributed by atoms with Crippen molar-refractivity contribution >= 4 is 23.8 Å². The van der Waals surface area contributed by atoms with Gasteiger partial charge in [0.2, 0.25) is 0 Å². The van der Waals surface area contributed by atoms with Crippen LogP contribution >= 0.6 is 11.8 Å². The molecule has 154 valence electrons. The Kier molecular flexibility index (Phi) is 7.24. The van der Waals surface area contributed by atoms with E-state index in [1.807, 2.05) is 42.5 Å². The van der Waals surface area contributed by atoms with E-state index >= 15 is 0 Å². The molecule has 0 radical (unpaired) electrons. The zero-order valence-corrected chi connectivity index (χ0v) is 17.3. The van der Waals surface area contributed by atoms with Gasteiger partial charge in [0.05, 0.1) is 20.0 Å². The number of ether oxygens (including phenoxy) is 3. The second-order valence-corrected chi connectivity index (χ2v) is 7.39. The van der Waals surface area contributed by atoms with Crippen LogP contribution in [0, 0.1) is 0 Å². The van der Waals surface area contributed by atoms with Crippen LogP contribution in [0.2, 0.25) is 0 Å². The first-order valence-corrected chi connectivity index (χ1v) is 10.2. The van der Waals surface area contributed by atoms with Crippen molar-refractivity contribution in [3.05, 3.63) is 54.1 Å². The fourth-order valence-corrected chi connectivity index (χ4v) is 3.77. The van der Waals surface area contributed by atoms with Crippen LogP contribution < -0.4 is 9.47 Å². The third kappa shape index (κ3) is 5.35. The van der Waals surface area contributed by atoms with E-state index in [1.165, 1.54) is 21.8 Å². The Morgan fingerprint density at radius 3 is 2.41 bits per heavy atom. The van der Waals surface area contributed by atoms with Crippen molar-refractivity contribution in [1.82, 2.24) is 10.0 Å². The van der Waals surface area contributed by atoms with Crippen LogP contribution in [0.1, 0.15) is 12.0 Å². The average molecular weight is 416 g/mol. The van der Waals surface area contributed by atoms with Crippen molar-refractivity contribution in [2.24, 2.45) is 0 Å². The summed E-state index contributed by atoms with van der Waals surface area (Å²) in [6.07, 6.45) is 0.225. The molecule has 2 aromatic carbocycles. The molecule has 1 fully saturated rings. The third-order valence-electron chi connectivity index (χ3n) is 4.45. The highest BCUT2D eigenvalue weighted by Gasteiger charge is 2.31. The van der Waals surface area contributed by atoms with Crippen molar-refractivity contribution < 1.29 is 23.8 Å². The lowest BCUT2D eigenvalue weighted by Gasteiger charge is -2.27. The van der Waals surface area contributed by atoms with Gasteiger partial charge in [0.1, 0.15) is 6.61 Å². The van der Waals surface area contributed by atoms with Crippen molar-refractivity contribution in [3.63, 3.8) is 0 Å². The topological polar surface area (TPSA) is 68.3 Å². The normalized spacial score (nSPS) is 13.3. The highest BCUT2D eigenvalue weighted by atomic mass is 32.2. The third-order valence-corrected chi connectivity index (χ3v) is 5.43. The summed E-state index contributed by atoms with van der Waals surface area (Å²) in [7, 11) is 3.15. The lowest BCUT2D eigenvalue weighted by Crippen LogP contribution is -2.45. The SMILES string of the molecule is COc1ccc(SCC(=O)N2CCCN2C(=O)OCc2ccccc2)cc1OC. The molecule has 0 atom stereocenters. The Labute approximate surface area is 174 Å². The standard InChI is InChI=1S/C21H24N2O5S/c1-26-18-10-9-17(13-19(18)27-2)29-15-20(24)22-11-6-12-23(22)21(25)28-14-16-7-4-3-5-8-16/h3-5,7-10,13H,6,11-12,14-15H2,1-2H3. The molecule has 1 saturated heterocycles. The number of hydrogen-bond acceptors (Lipinski definition) is 6. The number of nitrogens with zero attached hydrogens (tertiary/aromatic N) is 2. The second kappa shape index (κ2) is 10.1. The van der Waals surface area contributed by atoms with Crippen LogP contribution in [0.15, 0.2) is 53.4 Å². The van der Waals surface area contributed by atoms with Gasteiger partial charge in [-0.3, -0.25) is 4.79 Å². The predicted octanol–water partition coefficient (Wildman–Crippen LogP) is 3.58. The number of benzene rings is 2. The molecule has 0 saturated carbocycles. The van der Waals surface area contributed by atoms with Crippen molar-refractivity contribution in [3.8, 4) is 11.5 Å². The molecule has 2 amide bonds. The molecule has 3 rings (SSSR count). The lowest BCUT2D eigenvalue weighted by molar-refractivity contribution is -0.138. The first-order valence-electron chi connectivity index (χ1n) is 9.25. The molecule has 0 bridgehead atoms. The fraction of sp³-hybridized carbons (Fsp3) is 0.333. The van der Waals surface area contributed by atoms with E-state index in [9.17, 15) is 9.59 Å². The van der Waals surface area contributed by atoms with Gasteiger partial charge in [-0.25, -0.2) is 14.8 Å². The van der Waals surface area contributed by atoms with Gasteiger partial charge in [-0.2, -0.15) is 0 Å². The summed E-state index contributed by atoms with van der Waals surface area (Å²) in [6.45, 7) is 1.16. The summed E-state index contributed by atoms with van der Waals surface area (Å²) < 4.78 is 15.9. The van der Waals surface area contributed by atoms with E-state index in [2.05, 4.69) is 0 Å². The van der Waals surface area contributed by atoms with Gasteiger partial charge in [0.15, 0.2) is 11.5 Å². The molecule has 29 heavy (non-hydrogen) atoms. The summed E-state index contributed by atoms with van der Waals surface area (Å²) in [4.78, 5) is 26.0. The van der Waals surface area contributed by atoms with Gasteiger partial charge >= 0.3 is 6.09 Å². The first kappa shape index (κ1) is 20.9. The summed E-state index contributed by atoms with van der Waals surface area (Å²) in [5.41, 5.74) is 0.905. The number of hydrogen-bond donors (Lipinski definition) is 0. The van der Waals surface area contributed by atoms with E-state index in [-0.39, 0.29) is 18.3 Å². The molecule has 0 aliphatic carbocycles. The van der Waals surface area contributed by atoms with Gasteiger partial charge in [0.25, 0.3) is 5.91 Å². The van der Waals surface area contributed by atoms with Gasteiger partial charge in [-0.1, -0.05) is 30.3 Å². The van der Waals surface area contributed by atoms with Crippen LogP contribution in [0.4, 0.5) is 4.79 Å². The van der Waals surface area contributed by atoms with E-state index < -0.39 is 6.09 Å². The number of carbonyl (C=O) groups excluding carboxylic acids is 2. The number of rotatable bonds is 7. The molecule has 1 aliphatic heterocycles. The van der Waals surface area contributed by atoms with Gasteiger partial charge < -0.3 is 14.2 Å². The summed E-state index contributed by atoms with van der Waals surface area (Å²) in [5.74, 6) is 1.31. The zero-order valence-electron chi connectivity index (χ0n) is 16.5. The van der Waals surface area contributed by atoms with E-state index in [0.717, 1.165) is 16.9 Å². The van der Waals surface area contributed by atoms with Crippen LogP contribution in [-0.4, -0.2) is 55.1 Å². The minimum atomic E-state index is -0.504. The largest absolute Gasteiger partial charge is 0.493 e. The smallest absolute Gasteiger partial charge is 0.429 e. The van der Waals surface area contributed by atoms with E-state index in [0.29, 0.717) is 24.6 Å². The molecule has 1 aliphatic rings. The maximum atomic E-state index is 12.7. The van der Waals surface area contributed by atoms with E-state index in [4.69, 9.17) is 14.2 Å². The minimum absolute atomic E-state index is 0.140. The summed E-state index contributed by atoms with van der Waals surface area (Å²) in [6, 6.07) is 15.0. The van der Waals surface area contributed by atoms with Crippen LogP contribution in [0.5, 0.6) is 11.5 Å². The molecular formula is C21H24N2O5S. The Balaban J connectivity index is 1.55. The average Bonchev–Trinajstić information content (AvgIpc) is 3.26. The van der Waals surface area contributed by atoms with Gasteiger partial charge in [-0.15, -0.1) is 11.8 Å². The molecule has 2 aromatic rings.